The molecule has 23 heavy (non-hydrogen) atoms. The van der Waals surface area contributed by atoms with Crippen LogP contribution in [0.3, 0.4) is 0 Å². The molecule has 3 rings (SSSR count). The van der Waals surface area contributed by atoms with Crippen LogP contribution in [0.5, 0.6) is 0 Å². The van der Waals surface area contributed by atoms with Crippen molar-refractivity contribution in [1.29, 1.82) is 0 Å². The van der Waals surface area contributed by atoms with Crippen molar-refractivity contribution in [3.05, 3.63) is 71.0 Å². The average molecular weight is 323 g/mol. The van der Waals surface area contributed by atoms with Crippen molar-refractivity contribution >= 4 is 28.6 Å². The fraction of sp³-hybridized carbons (Fsp3) is 0.0556. The van der Waals surface area contributed by atoms with Crippen LogP contribution in [-0.4, -0.2) is 22.5 Å². The van der Waals surface area contributed by atoms with Crippen molar-refractivity contribution in [3.8, 4) is 11.8 Å². The minimum absolute atomic E-state index is 0.00589. The van der Waals surface area contributed by atoms with Gasteiger partial charge in [0.1, 0.15) is 5.69 Å². The number of nitrogens with zero attached hydrogens (tertiary/aromatic N) is 2. The second-order valence-electron chi connectivity index (χ2n) is 4.63. The van der Waals surface area contributed by atoms with Crippen molar-refractivity contribution < 1.29 is 9.53 Å². The number of hydrogen-bond acceptors (Lipinski definition) is 4. The standard InChI is InChI=1S/C18H11ClN2O2/c19-14-8-9-16-17(11-14)20-12-15(21-16)7-4-10-23-18(22)13-5-2-1-3-6-13/h1-3,5-6,8-9,11-12H,10H2. The number of rotatable bonds is 2. The summed E-state index contributed by atoms with van der Waals surface area (Å²) in [4.78, 5) is 20.3. The highest BCUT2D eigenvalue weighted by molar-refractivity contribution is 6.31. The minimum Gasteiger partial charge on any atom is -0.449 e. The summed E-state index contributed by atoms with van der Waals surface area (Å²) in [5.41, 5.74) is 2.42. The summed E-state index contributed by atoms with van der Waals surface area (Å²) in [5, 5.41) is 0.610. The summed E-state index contributed by atoms with van der Waals surface area (Å²) in [6.07, 6.45) is 1.56. The Labute approximate surface area is 138 Å². The number of esters is 1. The molecule has 0 fully saturated rings. The first kappa shape index (κ1) is 15.0. The zero-order valence-electron chi connectivity index (χ0n) is 12.0. The van der Waals surface area contributed by atoms with E-state index in [9.17, 15) is 4.79 Å². The van der Waals surface area contributed by atoms with Crippen LogP contribution >= 0.6 is 11.6 Å². The Hall–Kier alpha value is -2.90. The molecule has 0 saturated heterocycles. The number of aromatic nitrogens is 2. The molecule has 0 aliphatic carbocycles. The smallest absolute Gasteiger partial charge is 0.339 e. The molecule has 0 spiro atoms. The van der Waals surface area contributed by atoms with E-state index < -0.39 is 5.97 Å². The molecule has 4 nitrogen and oxygen atoms in total. The number of carbonyl (C=O) groups excluding carboxylic acids is 1. The first-order valence-corrected chi connectivity index (χ1v) is 7.23. The normalized spacial score (nSPS) is 9.96. The Kier molecular flexibility index (Phi) is 4.51. The molecule has 0 saturated carbocycles. The highest BCUT2D eigenvalue weighted by atomic mass is 35.5. The van der Waals surface area contributed by atoms with Gasteiger partial charge < -0.3 is 4.74 Å². The number of ether oxygens (including phenoxy) is 1. The van der Waals surface area contributed by atoms with Gasteiger partial charge in [0.05, 0.1) is 22.8 Å². The van der Waals surface area contributed by atoms with Gasteiger partial charge in [0.15, 0.2) is 6.61 Å². The lowest BCUT2D eigenvalue weighted by molar-refractivity contribution is 0.0556. The van der Waals surface area contributed by atoms with E-state index in [0.717, 1.165) is 0 Å². The molecule has 0 aliphatic heterocycles. The quantitative estimate of drug-likeness (QED) is 0.535. The summed E-state index contributed by atoms with van der Waals surface area (Å²) in [6, 6.07) is 14.0. The monoisotopic (exact) mass is 322 g/mol. The molecule has 1 aromatic heterocycles. The van der Waals surface area contributed by atoms with Gasteiger partial charge in [-0.3, -0.25) is 4.98 Å². The molecular formula is C18H11ClN2O2. The molecule has 2 aromatic carbocycles. The van der Waals surface area contributed by atoms with Crippen LogP contribution in [-0.2, 0) is 4.74 Å². The lowest BCUT2D eigenvalue weighted by Gasteiger charge is -1.99. The van der Waals surface area contributed by atoms with E-state index >= 15 is 0 Å². The molecule has 0 aliphatic rings. The molecule has 5 heteroatoms. The fourth-order valence-corrected chi connectivity index (χ4v) is 2.10. The van der Waals surface area contributed by atoms with Crippen LogP contribution in [0.2, 0.25) is 5.02 Å². The molecule has 0 bridgehead atoms. The van der Waals surface area contributed by atoms with Gasteiger partial charge in [-0.1, -0.05) is 35.7 Å². The van der Waals surface area contributed by atoms with Crippen LogP contribution in [0.25, 0.3) is 11.0 Å². The molecule has 0 atom stereocenters. The molecule has 112 valence electrons. The summed E-state index contributed by atoms with van der Waals surface area (Å²) < 4.78 is 5.07. The number of halogens is 1. The third-order valence-electron chi connectivity index (χ3n) is 3.01. The maximum absolute atomic E-state index is 11.7. The zero-order chi connectivity index (χ0) is 16.1. The summed E-state index contributed by atoms with van der Waals surface area (Å²) in [6.45, 7) is -0.00589. The molecular weight excluding hydrogens is 312 g/mol. The van der Waals surface area contributed by atoms with E-state index in [1.165, 1.54) is 0 Å². The number of fused-ring (bicyclic) bond motifs is 1. The maximum Gasteiger partial charge on any atom is 0.339 e. The second-order valence-corrected chi connectivity index (χ2v) is 5.07. The lowest BCUT2D eigenvalue weighted by atomic mass is 10.2. The predicted molar refractivity (Wildman–Crippen MR) is 88.2 cm³/mol. The van der Waals surface area contributed by atoms with Gasteiger partial charge in [-0.25, -0.2) is 9.78 Å². The van der Waals surface area contributed by atoms with E-state index in [1.54, 1.807) is 48.7 Å². The van der Waals surface area contributed by atoms with Gasteiger partial charge in [0, 0.05) is 5.02 Å². The first-order chi connectivity index (χ1) is 11.2. The van der Waals surface area contributed by atoms with Gasteiger partial charge >= 0.3 is 5.97 Å². The van der Waals surface area contributed by atoms with Crippen molar-refractivity contribution in [2.75, 3.05) is 6.61 Å². The summed E-state index contributed by atoms with van der Waals surface area (Å²) in [7, 11) is 0. The highest BCUT2D eigenvalue weighted by Crippen LogP contribution is 2.15. The van der Waals surface area contributed by atoms with Crippen molar-refractivity contribution in [2.45, 2.75) is 0 Å². The predicted octanol–water partition coefficient (Wildman–Crippen LogP) is 3.49. The third kappa shape index (κ3) is 3.85. The number of carbonyl (C=O) groups is 1. The minimum atomic E-state index is -0.404. The Morgan fingerprint density at radius 1 is 1.13 bits per heavy atom. The Balaban J connectivity index is 1.65. The van der Waals surface area contributed by atoms with Gasteiger partial charge in [-0.15, -0.1) is 0 Å². The maximum atomic E-state index is 11.7. The lowest BCUT2D eigenvalue weighted by Crippen LogP contribution is -2.04. The van der Waals surface area contributed by atoms with Gasteiger partial charge in [-0.2, -0.15) is 0 Å². The van der Waals surface area contributed by atoms with Crippen LogP contribution in [0, 0.1) is 11.8 Å². The Morgan fingerprint density at radius 3 is 2.78 bits per heavy atom. The average Bonchev–Trinajstić information content (AvgIpc) is 2.59. The van der Waals surface area contributed by atoms with Gasteiger partial charge in [-0.05, 0) is 36.3 Å². The second kappa shape index (κ2) is 6.91. The molecule has 0 N–H and O–H groups in total. The van der Waals surface area contributed by atoms with E-state index in [1.807, 2.05) is 6.07 Å². The van der Waals surface area contributed by atoms with Crippen LogP contribution in [0.1, 0.15) is 16.1 Å². The molecule has 0 radical (unpaired) electrons. The fourth-order valence-electron chi connectivity index (χ4n) is 1.93. The molecule has 3 aromatic rings. The van der Waals surface area contributed by atoms with Crippen LogP contribution in [0.4, 0.5) is 0 Å². The SMILES string of the molecule is O=C(OCC#Cc1cnc2cc(Cl)ccc2n1)c1ccccc1. The van der Waals surface area contributed by atoms with Crippen LogP contribution < -0.4 is 0 Å². The molecule has 0 amide bonds. The van der Waals surface area contributed by atoms with E-state index in [0.29, 0.717) is 27.3 Å². The summed E-state index contributed by atoms with van der Waals surface area (Å²) >= 11 is 5.90. The largest absolute Gasteiger partial charge is 0.449 e. The Bertz CT molecular complexity index is 914. The highest BCUT2D eigenvalue weighted by Gasteiger charge is 2.04. The van der Waals surface area contributed by atoms with E-state index in [2.05, 4.69) is 21.8 Å². The topological polar surface area (TPSA) is 52.1 Å². The summed E-state index contributed by atoms with van der Waals surface area (Å²) in [5.74, 6) is 5.18. The van der Waals surface area contributed by atoms with Gasteiger partial charge in [0.2, 0.25) is 0 Å². The molecule has 0 unspecified atom stereocenters. The third-order valence-corrected chi connectivity index (χ3v) is 3.24. The van der Waals surface area contributed by atoms with Crippen molar-refractivity contribution in [3.63, 3.8) is 0 Å². The molecule has 1 heterocycles. The van der Waals surface area contributed by atoms with E-state index in [4.69, 9.17) is 16.3 Å². The van der Waals surface area contributed by atoms with Gasteiger partial charge in [0.25, 0.3) is 0 Å². The first-order valence-electron chi connectivity index (χ1n) is 6.86. The van der Waals surface area contributed by atoms with E-state index in [-0.39, 0.29) is 6.61 Å². The zero-order valence-corrected chi connectivity index (χ0v) is 12.7. The van der Waals surface area contributed by atoms with Crippen molar-refractivity contribution in [1.82, 2.24) is 9.97 Å². The number of benzene rings is 2. The van der Waals surface area contributed by atoms with Crippen LogP contribution in [0.15, 0.2) is 54.7 Å². The Morgan fingerprint density at radius 2 is 1.96 bits per heavy atom. The van der Waals surface area contributed by atoms with Crippen molar-refractivity contribution in [2.24, 2.45) is 0 Å². The number of hydrogen-bond donors (Lipinski definition) is 0.